The summed E-state index contributed by atoms with van der Waals surface area (Å²) in [4.78, 5) is 0. The average molecular weight is 405 g/mol. The Morgan fingerprint density at radius 2 is 1.82 bits per heavy atom. The molecule has 0 aliphatic rings. The van der Waals surface area contributed by atoms with E-state index in [1.165, 1.54) is 0 Å². The van der Waals surface area contributed by atoms with Crippen LogP contribution in [0.3, 0.4) is 0 Å². The van der Waals surface area contributed by atoms with E-state index in [-0.39, 0.29) is 11.1 Å². The molecule has 0 amide bonds. The Balaban J connectivity index is 2.33. The van der Waals surface area contributed by atoms with Crippen LogP contribution in [-0.4, -0.2) is 32.2 Å². The molecule has 0 aromatic heterocycles. The second-order valence-corrected chi connectivity index (χ2v) is 13.8. The van der Waals surface area contributed by atoms with Crippen LogP contribution in [0.25, 0.3) is 0 Å². The summed E-state index contributed by atoms with van der Waals surface area (Å²) in [5.41, 5.74) is 1.16. The molecule has 158 valence electrons. The van der Waals surface area contributed by atoms with Crippen molar-refractivity contribution in [2.75, 3.05) is 6.61 Å². The predicted molar refractivity (Wildman–Crippen MR) is 121 cm³/mol. The van der Waals surface area contributed by atoms with Gasteiger partial charge in [0, 0.05) is 19.4 Å². The first kappa shape index (κ1) is 24.9. The van der Waals surface area contributed by atoms with E-state index >= 15 is 0 Å². The van der Waals surface area contributed by atoms with E-state index < -0.39 is 14.4 Å². The van der Waals surface area contributed by atoms with Gasteiger partial charge in [-0.1, -0.05) is 70.4 Å². The van der Waals surface area contributed by atoms with Gasteiger partial charge in [-0.05, 0) is 36.5 Å². The average Bonchev–Trinajstić information content (AvgIpc) is 2.62. The summed E-state index contributed by atoms with van der Waals surface area (Å²) in [6, 6.07) is 10.2. The zero-order valence-corrected chi connectivity index (χ0v) is 19.8. The monoisotopic (exact) mass is 404 g/mol. The quantitative estimate of drug-likeness (QED) is 0.282. The highest BCUT2D eigenvalue weighted by Crippen LogP contribution is 2.36. The number of hydrogen-bond acceptors (Lipinski definition) is 3. The molecule has 1 aromatic carbocycles. The molecule has 1 aromatic rings. The van der Waals surface area contributed by atoms with E-state index in [2.05, 4.69) is 64.8 Å². The Labute approximate surface area is 174 Å². The van der Waals surface area contributed by atoms with Crippen molar-refractivity contribution in [3.8, 4) is 11.8 Å². The molecule has 0 aliphatic carbocycles. The van der Waals surface area contributed by atoms with Gasteiger partial charge in [-0.2, -0.15) is 0 Å². The van der Waals surface area contributed by atoms with Crippen molar-refractivity contribution in [2.24, 2.45) is 0 Å². The molecule has 1 unspecified atom stereocenters. The molecular formula is C24H40O3Si. The molecule has 4 heteroatoms. The maximum Gasteiger partial charge on any atom is 0.191 e. The van der Waals surface area contributed by atoms with E-state index in [9.17, 15) is 5.11 Å². The van der Waals surface area contributed by atoms with Crippen molar-refractivity contribution in [2.45, 2.75) is 96.7 Å². The van der Waals surface area contributed by atoms with Gasteiger partial charge in [-0.15, -0.1) is 5.92 Å². The highest BCUT2D eigenvalue weighted by Gasteiger charge is 2.36. The van der Waals surface area contributed by atoms with Gasteiger partial charge in [0.25, 0.3) is 0 Å². The molecule has 0 bridgehead atoms. The summed E-state index contributed by atoms with van der Waals surface area (Å²) in [6.07, 6.45) is 3.61. The second-order valence-electron chi connectivity index (χ2n) is 8.99. The number of aliphatic hydroxyl groups excluding tert-OH is 1. The van der Waals surface area contributed by atoms with Crippen LogP contribution in [0.15, 0.2) is 30.3 Å². The van der Waals surface area contributed by atoms with Gasteiger partial charge in [0.05, 0.1) is 12.7 Å². The van der Waals surface area contributed by atoms with Gasteiger partial charge in [-0.3, -0.25) is 0 Å². The zero-order chi connectivity index (χ0) is 21.0. The van der Waals surface area contributed by atoms with E-state index in [1.807, 2.05) is 18.2 Å². The number of benzene rings is 1. The van der Waals surface area contributed by atoms with Crippen LogP contribution in [0.5, 0.6) is 0 Å². The van der Waals surface area contributed by atoms with E-state index in [0.29, 0.717) is 13.0 Å². The van der Waals surface area contributed by atoms with Crippen LogP contribution in [0, 0.1) is 11.8 Å². The van der Waals surface area contributed by atoms with Crippen molar-refractivity contribution in [3.05, 3.63) is 35.9 Å². The fraction of sp³-hybridized carbons (Fsp3) is 0.667. The summed E-state index contributed by atoms with van der Waals surface area (Å²) in [6.45, 7) is 14.8. The molecule has 0 radical (unpaired) electrons. The van der Waals surface area contributed by atoms with E-state index in [0.717, 1.165) is 37.9 Å². The van der Waals surface area contributed by atoms with Gasteiger partial charge in [0.15, 0.2) is 8.32 Å². The Morgan fingerprint density at radius 1 is 1.14 bits per heavy atom. The molecular weight excluding hydrogens is 364 g/mol. The summed E-state index contributed by atoms with van der Waals surface area (Å²) in [5, 5.41) is 10.5. The number of ether oxygens (including phenoxy) is 1. The van der Waals surface area contributed by atoms with Crippen molar-refractivity contribution in [1.82, 2.24) is 0 Å². The SMILES string of the molecule is CCC[C@@H](CC(O)C#CCCCO[Si](C)(C)C(C)(C)C)OCc1ccccc1. The third-order valence-electron chi connectivity index (χ3n) is 5.41. The van der Waals surface area contributed by atoms with Crippen LogP contribution in [0.4, 0.5) is 0 Å². The third-order valence-corrected chi connectivity index (χ3v) is 9.95. The van der Waals surface area contributed by atoms with Crippen LogP contribution in [0.1, 0.15) is 65.4 Å². The zero-order valence-electron chi connectivity index (χ0n) is 18.8. The lowest BCUT2D eigenvalue weighted by Gasteiger charge is -2.36. The first-order chi connectivity index (χ1) is 13.2. The first-order valence-electron chi connectivity index (χ1n) is 10.6. The second kappa shape index (κ2) is 12.4. The summed E-state index contributed by atoms with van der Waals surface area (Å²) in [7, 11) is -1.67. The molecule has 28 heavy (non-hydrogen) atoms. The molecule has 1 rings (SSSR count). The minimum Gasteiger partial charge on any atom is -0.417 e. The number of aliphatic hydroxyl groups is 1. The number of hydrogen-bond donors (Lipinski definition) is 1. The molecule has 0 saturated carbocycles. The van der Waals surface area contributed by atoms with Crippen LogP contribution in [0.2, 0.25) is 18.1 Å². The normalized spacial score (nSPS) is 14.2. The molecule has 0 saturated heterocycles. The highest BCUT2D eigenvalue weighted by molar-refractivity contribution is 6.74. The summed E-state index contributed by atoms with van der Waals surface area (Å²) >= 11 is 0. The summed E-state index contributed by atoms with van der Waals surface area (Å²) < 4.78 is 12.2. The van der Waals surface area contributed by atoms with Crippen molar-refractivity contribution >= 4 is 8.32 Å². The molecule has 2 atom stereocenters. The Kier molecular flexibility index (Phi) is 11.1. The van der Waals surface area contributed by atoms with Crippen LogP contribution >= 0.6 is 0 Å². The topological polar surface area (TPSA) is 38.7 Å². The van der Waals surface area contributed by atoms with Gasteiger partial charge >= 0.3 is 0 Å². The van der Waals surface area contributed by atoms with Gasteiger partial charge in [0.1, 0.15) is 6.10 Å². The van der Waals surface area contributed by atoms with Crippen molar-refractivity contribution < 1.29 is 14.3 Å². The van der Waals surface area contributed by atoms with Crippen LogP contribution < -0.4 is 0 Å². The maximum absolute atomic E-state index is 10.3. The minimum atomic E-state index is -1.67. The van der Waals surface area contributed by atoms with Gasteiger partial charge in [0.2, 0.25) is 0 Å². The lowest BCUT2D eigenvalue weighted by molar-refractivity contribution is 0.00935. The fourth-order valence-electron chi connectivity index (χ4n) is 2.58. The largest absolute Gasteiger partial charge is 0.417 e. The smallest absolute Gasteiger partial charge is 0.191 e. The predicted octanol–water partition coefficient (Wildman–Crippen LogP) is 5.93. The molecule has 0 heterocycles. The first-order valence-corrected chi connectivity index (χ1v) is 13.5. The third kappa shape index (κ3) is 9.89. The lowest BCUT2D eigenvalue weighted by Crippen LogP contribution is -2.40. The Morgan fingerprint density at radius 3 is 2.43 bits per heavy atom. The molecule has 0 aliphatic heterocycles. The summed E-state index contributed by atoms with van der Waals surface area (Å²) in [5.74, 6) is 6.09. The number of rotatable bonds is 11. The van der Waals surface area contributed by atoms with Gasteiger partial charge in [-0.25, -0.2) is 0 Å². The lowest BCUT2D eigenvalue weighted by atomic mass is 10.1. The molecule has 0 fully saturated rings. The number of unbranched alkanes of at least 4 members (excludes halogenated alkanes) is 1. The molecule has 0 spiro atoms. The fourth-order valence-corrected chi connectivity index (χ4v) is 3.67. The van der Waals surface area contributed by atoms with E-state index in [1.54, 1.807) is 0 Å². The minimum absolute atomic E-state index is 0.0384. The highest BCUT2D eigenvalue weighted by atomic mass is 28.4. The van der Waals surface area contributed by atoms with E-state index in [4.69, 9.17) is 9.16 Å². The van der Waals surface area contributed by atoms with Crippen molar-refractivity contribution in [3.63, 3.8) is 0 Å². The standard InChI is InChI=1S/C24H40O3Si/c1-7-14-23(26-20-21-15-10-8-11-16-21)19-22(25)17-12-9-13-18-27-28(5,6)24(2,3)4/h8,10-11,15-16,22-23,25H,7,9,13-14,18-20H2,1-6H3/t22?,23-/m0/s1. The molecule has 3 nitrogen and oxygen atoms in total. The molecule has 1 N–H and O–H groups in total. The Hall–Kier alpha value is -1.12. The Bertz CT molecular complexity index is 596. The van der Waals surface area contributed by atoms with Crippen molar-refractivity contribution in [1.29, 1.82) is 0 Å². The maximum atomic E-state index is 10.3. The van der Waals surface area contributed by atoms with Gasteiger partial charge < -0.3 is 14.3 Å². The van der Waals surface area contributed by atoms with Crippen LogP contribution in [-0.2, 0) is 15.8 Å².